The van der Waals surface area contributed by atoms with E-state index in [4.69, 9.17) is 4.52 Å². The lowest BCUT2D eigenvalue weighted by molar-refractivity contribution is 0.0298. The number of carbonyl (C=O) groups excluding carboxylic acids is 1. The van der Waals surface area contributed by atoms with E-state index in [0.29, 0.717) is 41.9 Å². The number of aliphatic hydroxyl groups excluding tert-OH is 1. The number of amides is 1. The number of piperidine rings is 1. The highest BCUT2D eigenvalue weighted by Crippen LogP contribution is 2.25. The lowest BCUT2D eigenvalue weighted by Gasteiger charge is -2.34. The summed E-state index contributed by atoms with van der Waals surface area (Å²) in [6, 6.07) is 1.78. The summed E-state index contributed by atoms with van der Waals surface area (Å²) in [6.45, 7) is 6.73. The van der Waals surface area contributed by atoms with Crippen LogP contribution in [0.4, 0.5) is 0 Å². The zero-order valence-electron chi connectivity index (χ0n) is 12.5. The highest BCUT2D eigenvalue weighted by atomic mass is 16.5. The molecular weight excluding hydrogens is 270 g/mol. The lowest BCUT2D eigenvalue weighted by atomic mass is 9.96. The van der Waals surface area contributed by atoms with Crippen LogP contribution < -0.4 is 0 Å². The molecule has 1 N–H and O–H groups in total. The number of aromatic nitrogens is 2. The number of hydrogen-bond acceptors (Lipinski definition) is 5. The molecule has 21 heavy (non-hydrogen) atoms. The topological polar surface area (TPSA) is 79.5 Å². The molecule has 1 aliphatic heterocycles. The molecule has 1 amide bonds. The maximum Gasteiger partial charge on any atom is 0.258 e. The van der Waals surface area contributed by atoms with E-state index in [-0.39, 0.29) is 17.9 Å². The molecule has 0 aromatic carbocycles. The van der Waals surface area contributed by atoms with Crippen LogP contribution in [0.5, 0.6) is 0 Å². The minimum Gasteiger partial charge on any atom is -0.393 e. The van der Waals surface area contributed by atoms with E-state index in [1.54, 1.807) is 11.0 Å². The summed E-state index contributed by atoms with van der Waals surface area (Å²) < 4.78 is 5.17. The minimum atomic E-state index is -0.328. The molecular formula is C15H19N3O3. The molecule has 0 radical (unpaired) electrons. The Hall–Kier alpha value is -1.95. The van der Waals surface area contributed by atoms with E-state index in [1.165, 1.54) is 0 Å². The summed E-state index contributed by atoms with van der Waals surface area (Å²) in [4.78, 5) is 18.9. The quantitative estimate of drug-likeness (QED) is 0.864. The molecule has 0 saturated carbocycles. The molecule has 2 aromatic heterocycles. The molecule has 1 saturated heterocycles. The van der Waals surface area contributed by atoms with Crippen LogP contribution >= 0.6 is 0 Å². The van der Waals surface area contributed by atoms with Crippen molar-refractivity contribution in [1.82, 2.24) is 15.0 Å². The number of carbonyl (C=O) groups is 1. The monoisotopic (exact) mass is 289 g/mol. The van der Waals surface area contributed by atoms with Gasteiger partial charge >= 0.3 is 0 Å². The summed E-state index contributed by atoms with van der Waals surface area (Å²) >= 11 is 0. The Labute approximate surface area is 122 Å². The number of aliphatic hydroxyl groups is 1. The van der Waals surface area contributed by atoms with Crippen LogP contribution in [0.1, 0.15) is 35.1 Å². The van der Waals surface area contributed by atoms with Crippen molar-refractivity contribution in [2.24, 2.45) is 5.92 Å². The SMILES string of the molecule is Cc1cc(C(=O)N2CCC(O)C(C)C2)c2c(C)noc2n1. The summed E-state index contributed by atoms with van der Waals surface area (Å²) in [5, 5.41) is 14.4. The maximum absolute atomic E-state index is 12.8. The molecule has 3 rings (SSSR count). The van der Waals surface area contributed by atoms with Crippen LogP contribution in [-0.4, -0.2) is 45.2 Å². The minimum absolute atomic E-state index is 0.0458. The largest absolute Gasteiger partial charge is 0.393 e. The second kappa shape index (κ2) is 5.11. The van der Waals surface area contributed by atoms with E-state index in [9.17, 15) is 9.90 Å². The van der Waals surface area contributed by atoms with Crippen molar-refractivity contribution >= 4 is 17.0 Å². The summed E-state index contributed by atoms with van der Waals surface area (Å²) in [5.41, 5.74) is 2.39. The second-order valence-corrected chi connectivity index (χ2v) is 5.84. The zero-order valence-corrected chi connectivity index (χ0v) is 12.5. The van der Waals surface area contributed by atoms with Crippen molar-refractivity contribution in [3.05, 3.63) is 23.0 Å². The number of aryl methyl sites for hydroxylation is 2. The molecule has 1 fully saturated rings. The predicted octanol–water partition coefficient (Wildman–Crippen LogP) is 1.68. The van der Waals surface area contributed by atoms with Crippen molar-refractivity contribution in [2.45, 2.75) is 33.3 Å². The van der Waals surface area contributed by atoms with E-state index in [0.717, 1.165) is 5.69 Å². The van der Waals surface area contributed by atoms with Gasteiger partial charge < -0.3 is 14.5 Å². The molecule has 0 bridgehead atoms. The highest BCUT2D eigenvalue weighted by molar-refractivity contribution is 6.06. The van der Waals surface area contributed by atoms with Gasteiger partial charge in [0.15, 0.2) is 0 Å². The molecule has 2 unspecified atom stereocenters. The third-order valence-electron chi connectivity index (χ3n) is 4.12. The van der Waals surface area contributed by atoms with E-state index in [1.807, 2.05) is 20.8 Å². The summed E-state index contributed by atoms with van der Waals surface area (Å²) in [6.07, 6.45) is 0.286. The number of likely N-dealkylation sites (tertiary alicyclic amines) is 1. The van der Waals surface area contributed by atoms with E-state index in [2.05, 4.69) is 10.1 Å². The van der Waals surface area contributed by atoms with Crippen LogP contribution in [0, 0.1) is 19.8 Å². The lowest BCUT2D eigenvalue weighted by Crippen LogP contribution is -2.45. The molecule has 0 aliphatic carbocycles. The first kappa shape index (κ1) is 14.0. The molecule has 2 aromatic rings. The third-order valence-corrected chi connectivity index (χ3v) is 4.12. The fourth-order valence-corrected chi connectivity index (χ4v) is 2.87. The molecule has 112 valence electrons. The van der Waals surface area contributed by atoms with Crippen LogP contribution in [0.25, 0.3) is 11.1 Å². The number of pyridine rings is 1. The number of rotatable bonds is 1. The van der Waals surface area contributed by atoms with Gasteiger partial charge in [-0.3, -0.25) is 4.79 Å². The van der Waals surface area contributed by atoms with E-state index >= 15 is 0 Å². The van der Waals surface area contributed by atoms with E-state index < -0.39 is 0 Å². The van der Waals surface area contributed by atoms with Crippen LogP contribution in [-0.2, 0) is 0 Å². The molecule has 0 spiro atoms. The first-order valence-corrected chi connectivity index (χ1v) is 7.18. The molecule has 6 nitrogen and oxygen atoms in total. The zero-order chi connectivity index (χ0) is 15.1. The van der Waals surface area contributed by atoms with Gasteiger partial charge in [0.25, 0.3) is 11.6 Å². The molecule has 3 heterocycles. The normalized spacial score (nSPS) is 22.8. The van der Waals surface area contributed by atoms with Gasteiger partial charge in [0.1, 0.15) is 0 Å². The predicted molar refractivity (Wildman–Crippen MR) is 77.0 cm³/mol. The van der Waals surface area contributed by atoms with Gasteiger partial charge in [0, 0.05) is 18.8 Å². The van der Waals surface area contributed by atoms with Crippen molar-refractivity contribution < 1.29 is 14.4 Å². The smallest absolute Gasteiger partial charge is 0.258 e. The Morgan fingerprint density at radius 2 is 2.24 bits per heavy atom. The summed E-state index contributed by atoms with van der Waals surface area (Å²) in [5.74, 6) is 0.0419. The Morgan fingerprint density at radius 3 is 2.95 bits per heavy atom. The van der Waals surface area contributed by atoms with Gasteiger partial charge in [-0.25, -0.2) is 4.98 Å². The van der Waals surface area contributed by atoms with Gasteiger partial charge in [0.2, 0.25) is 0 Å². The van der Waals surface area contributed by atoms with Crippen molar-refractivity contribution in [3.63, 3.8) is 0 Å². The highest BCUT2D eigenvalue weighted by Gasteiger charge is 2.29. The standard InChI is InChI=1S/C15H19N3O3/c1-8-7-18(5-4-12(8)19)15(20)11-6-9(2)16-14-13(11)10(3)17-21-14/h6,8,12,19H,4-5,7H2,1-3H3. The number of fused-ring (bicyclic) bond motifs is 1. The van der Waals surface area contributed by atoms with Crippen LogP contribution in [0.15, 0.2) is 10.6 Å². The maximum atomic E-state index is 12.8. The van der Waals surface area contributed by atoms with Crippen LogP contribution in [0.3, 0.4) is 0 Å². The molecule has 6 heteroatoms. The Balaban J connectivity index is 2.00. The van der Waals surface area contributed by atoms with Crippen molar-refractivity contribution in [1.29, 1.82) is 0 Å². The van der Waals surface area contributed by atoms with Gasteiger partial charge in [-0.05, 0) is 32.3 Å². The Bertz CT molecular complexity index is 695. The third kappa shape index (κ3) is 2.40. The van der Waals surface area contributed by atoms with Crippen molar-refractivity contribution in [2.75, 3.05) is 13.1 Å². The Kier molecular flexibility index (Phi) is 3.41. The van der Waals surface area contributed by atoms with Gasteiger partial charge in [-0.1, -0.05) is 12.1 Å². The van der Waals surface area contributed by atoms with Gasteiger partial charge in [-0.2, -0.15) is 0 Å². The average molecular weight is 289 g/mol. The average Bonchev–Trinajstić information content (AvgIpc) is 2.81. The van der Waals surface area contributed by atoms with Gasteiger partial charge in [0.05, 0.1) is 22.7 Å². The second-order valence-electron chi connectivity index (χ2n) is 5.84. The fraction of sp³-hybridized carbons (Fsp3) is 0.533. The van der Waals surface area contributed by atoms with Gasteiger partial charge in [-0.15, -0.1) is 0 Å². The molecule has 1 aliphatic rings. The Morgan fingerprint density at radius 1 is 1.48 bits per heavy atom. The first-order valence-electron chi connectivity index (χ1n) is 7.18. The number of nitrogens with zero attached hydrogens (tertiary/aromatic N) is 3. The fourth-order valence-electron chi connectivity index (χ4n) is 2.87. The van der Waals surface area contributed by atoms with Crippen molar-refractivity contribution in [3.8, 4) is 0 Å². The summed E-state index contributed by atoms with van der Waals surface area (Å²) in [7, 11) is 0. The molecule has 2 atom stereocenters. The number of hydrogen-bond donors (Lipinski definition) is 1. The first-order chi connectivity index (χ1) is 9.97. The van der Waals surface area contributed by atoms with Crippen LogP contribution in [0.2, 0.25) is 0 Å².